The fraction of sp³-hybridized carbons (Fsp3) is 0. The Morgan fingerprint density at radius 1 is 0.917 bits per heavy atom. The minimum atomic E-state index is -0.403. The highest BCUT2D eigenvalue weighted by atomic mass is 35.5. The van der Waals surface area contributed by atoms with Gasteiger partial charge in [-0.1, -0.05) is 17.7 Å². The van der Waals surface area contributed by atoms with Gasteiger partial charge in [0.2, 0.25) is 0 Å². The molecule has 0 saturated heterocycles. The van der Waals surface area contributed by atoms with Gasteiger partial charge in [0, 0.05) is 17.4 Å². The minimum absolute atomic E-state index is 0.281. The van der Waals surface area contributed by atoms with Gasteiger partial charge >= 0.3 is 0 Å². The van der Waals surface area contributed by atoms with E-state index < -0.39 is 5.56 Å². The van der Waals surface area contributed by atoms with Crippen molar-refractivity contribution in [1.82, 2.24) is 14.2 Å². The number of hydrogen-bond donors (Lipinski definition) is 1. The molecule has 0 radical (unpaired) electrons. The standard InChI is InChI=1S/C17H11ClN4O2/c18-10-2-1-3-11(8-10)21-6-4-14-12(16(21)23)9-13-15(20-14)5-7-22(19)17(13)24/h1-9H,19H2. The van der Waals surface area contributed by atoms with Crippen molar-refractivity contribution in [3.05, 3.63) is 80.6 Å². The molecule has 0 bridgehead atoms. The summed E-state index contributed by atoms with van der Waals surface area (Å²) < 4.78 is 2.43. The van der Waals surface area contributed by atoms with Crippen LogP contribution in [-0.2, 0) is 0 Å². The average Bonchev–Trinajstić information content (AvgIpc) is 2.58. The lowest BCUT2D eigenvalue weighted by molar-refractivity contribution is 0.951. The zero-order chi connectivity index (χ0) is 16.8. The van der Waals surface area contributed by atoms with Crippen molar-refractivity contribution in [2.24, 2.45) is 0 Å². The van der Waals surface area contributed by atoms with Gasteiger partial charge in [-0.25, -0.2) is 9.66 Å². The van der Waals surface area contributed by atoms with Crippen molar-refractivity contribution in [2.75, 3.05) is 5.84 Å². The van der Waals surface area contributed by atoms with Crippen molar-refractivity contribution >= 4 is 33.4 Å². The molecule has 0 amide bonds. The van der Waals surface area contributed by atoms with Gasteiger partial charge in [0.25, 0.3) is 11.1 Å². The predicted octanol–water partition coefficient (Wildman–Crippen LogP) is 2.07. The SMILES string of the molecule is Nn1ccc2nc3ccn(-c4cccc(Cl)c4)c(=O)c3cc2c1=O. The van der Waals surface area contributed by atoms with Crippen LogP contribution in [0.5, 0.6) is 0 Å². The van der Waals surface area contributed by atoms with Gasteiger partial charge in [-0.15, -0.1) is 0 Å². The van der Waals surface area contributed by atoms with E-state index in [-0.39, 0.29) is 5.56 Å². The molecule has 2 N–H and O–H groups in total. The first kappa shape index (κ1) is 14.5. The van der Waals surface area contributed by atoms with E-state index in [1.807, 2.05) is 0 Å². The maximum atomic E-state index is 12.8. The lowest BCUT2D eigenvalue weighted by Crippen LogP contribution is -2.26. The van der Waals surface area contributed by atoms with Crippen LogP contribution in [0, 0.1) is 0 Å². The topological polar surface area (TPSA) is 82.9 Å². The molecule has 0 aliphatic heterocycles. The summed E-state index contributed by atoms with van der Waals surface area (Å²) in [5.41, 5.74) is 0.961. The predicted molar refractivity (Wildman–Crippen MR) is 94.3 cm³/mol. The van der Waals surface area contributed by atoms with Crippen molar-refractivity contribution in [2.45, 2.75) is 0 Å². The second-order valence-corrected chi connectivity index (χ2v) is 5.79. The van der Waals surface area contributed by atoms with Gasteiger partial charge in [0.15, 0.2) is 0 Å². The van der Waals surface area contributed by atoms with Crippen molar-refractivity contribution < 1.29 is 0 Å². The number of nitrogen functional groups attached to an aromatic ring is 1. The summed E-state index contributed by atoms with van der Waals surface area (Å²) in [6, 6.07) is 11.9. The molecule has 4 rings (SSSR count). The highest BCUT2D eigenvalue weighted by Gasteiger charge is 2.10. The Morgan fingerprint density at radius 3 is 2.38 bits per heavy atom. The molecule has 0 aliphatic carbocycles. The molecule has 0 fully saturated rings. The number of nitrogens with two attached hydrogens (primary N) is 1. The average molecular weight is 339 g/mol. The first-order chi connectivity index (χ1) is 11.5. The molecular formula is C17H11ClN4O2. The Kier molecular flexibility index (Phi) is 3.14. The number of pyridine rings is 3. The molecule has 3 aromatic heterocycles. The molecule has 0 unspecified atom stereocenters. The number of benzene rings is 1. The third-order valence-corrected chi connectivity index (χ3v) is 4.09. The Bertz CT molecular complexity index is 1230. The Hall–Kier alpha value is -3.12. The molecule has 0 spiro atoms. The van der Waals surface area contributed by atoms with Crippen LogP contribution in [0.4, 0.5) is 0 Å². The summed E-state index contributed by atoms with van der Waals surface area (Å²) in [5, 5.41) is 1.17. The molecular weight excluding hydrogens is 328 g/mol. The largest absolute Gasteiger partial charge is 0.336 e. The molecule has 3 heterocycles. The lowest BCUT2D eigenvalue weighted by Gasteiger charge is -2.08. The third kappa shape index (κ3) is 2.16. The van der Waals surface area contributed by atoms with Crippen LogP contribution in [-0.4, -0.2) is 14.2 Å². The van der Waals surface area contributed by atoms with Crippen LogP contribution in [0.15, 0.2) is 64.4 Å². The number of nitrogens with zero attached hydrogens (tertiary/aromatic N) is 3. The molecule has 0 aliphatic rings. The van der Waals surface area contributed by atoms with E-state index >= 15 is 0 Å². The van der Waals surface area contributed by atoms with Crippen molar-refractivity contribution in [1.29, 1.82) is 0 Å². The maximum Gasteiger partial charge on any atom is 0.278 e. The van der Waals surface area contributed by atoms with Gasteiger partial charge < -0.3 is 5.84 Å². The van der Waals surface area contributed by atoms with Gasteiger partial charge in [0.1, 0.15) is 0 Å². The first-order valence-electron chi connectivity index (χ1n) is 7.13. The summed E-state index contributed by atoms with van der Waals surface area (Å²) in [5.74, 6) is 5.58. The van der Waals surface area contributed by atoms with Crippen LogP contribution in [0.1, 0.15) is 0 Å². The number of aromatic nitrogens is 3. The third-order valence-electron chi connectivity index (χ3n) is 3.86. The van der Waals surface area contributed by atoms with Crippen LogP contribution < -0.4 is 17.0 Å². The zero-order valence-corrected chi connectivity index (χ0v) is 13.1. The highest BCUT2D eigenvalue weighted by molar-refractivity contribution is 6.30. The van der Waals surface area contributed by atoms with Gasteiger partial charge in [0.05, 0.1) is 27.5 Å². The van der Waals surface area contributed by atoms with E-state index in [1.54, 1.807) is 42.6 Å². The molecule has 0 saturated carbocycles. The Balaban J connectivity index is 2.08. The fourth-order valence-corrected chi connectivity index (χ4v) is 2.85. The second kappa shape index (κ2) is 5.21. The molecule has 118 valence electrons. The second-order valence-electron chi connectivity index (χ2n) is 5.35. The van der Waals surface area contributed by atoms with Gasteiger partial charge in [-0.2, -0.15) is 0 Å². The van der Waals surface area contributed by atoms with E-state index in [0.717, 1.165) is 4.68 Å². The smallest absolute Gasteiger partial charge is 0.278 e. The van der Waals surface area contributed by atoms with E-state index in [9.17, 15) is 9.59 Å². The highest BCUT2D eigenvalue weighted by Crippen LogP contribution is 2.17. The Morgan fingerprint density at radius 2 is 1.62 bits per heavy atom. The van der Waals surface area contributed by atoms with E-state index in [2.05, 4.69) is 4.98 Å². The fourth-order valence-electron chi connectivity index (χ4n) is 2.67. The summed E-state index contributed by atoms with van der Waals surface area (Å²) in [4.78, 5) is 29.4. The quantitative estimate of drug-likeness (QED) is 0.425. The molecule has 24 heavy (non-hydrogen) atoms. The van der Waals surface area contributed by atoms with E-state index in [4.69, 9.17) is 17.4 Å². The summed E-state index contributed by atoms with van der Waals surface area (Å²) in [7, 11) is 0. The molecule has 4 aromatic rings. The maximum absolute atomic E-state index is 12.8. The van der Waals surface area contributed by atoms with Crippen LogP contribution >= 0.6 is 11.6 Å². The van der Waals surface area contributed by atoms with Gasteiger partial charge in [-0.05, 0) is 36.4 Å². The number of fused-ring (bicyclic) bond motifs is 2. The molecule has 6 nitrogen and oxygen atoms in total. The summed E-state index contributed by atoms with van der Waals surface area (Å²) in [6.07, 6.45) is 3.08. The normalized spacial score (nSPS) is 11.2. The monoisotopic (exact) mass is 338 g/mol. The first-order valence-corrected chi connectivity index (χ1v) is 7.51. The van der Waals surface area contributed by atoms with Crippen molar-refractivity contribution in [3.8, 4) is 5.69 Å². The van der Waals surface area contributed by atoms with Crippen molar-refractivity contribution in [3.63, 3.8) is 0 Å². The number of halogens is 1. The van der Waals surface area contributed by atoms with Gasteiger partial charge in [-0.3, -0.25) is 14.2 Å². The van der Waals surface area contributed by atoms with Crippen LogP contribution in [0.2, 0.25) is 5.02 Å². The number of rotatable bonds is 1. The molecule has 0 atom stereocenters. The van der Waals surface area contributed by atoms with Crippen LogP contribution in [0.3, 0.4) is 0 Å². The lowest BCUT2D eigenvalue weighted by atomic mass is 10.2. The summed E-state index contributed by atoms with van der Waals surface area (Å²) >= 11 is 6.00. The Labute approximate surface area is 140 Å². The summed E-state index contributed by atoms with van der Waals surface area (Å²) in [6.45, 7) is 0. The van der Waals surface area contributed by atoms with E-state index in [0.29, 0.717) is 32.5 Å². The van der Waals surface area contributed by atoms with Crippen LogP contribution in [0.25, 0.3) is 27.5 Å². The molecule has 7 heteroatoms. The van der Waals surface area contributed by atoms with E-state index in [1.165, 1.54) is 16.8 Å². The molecule has 1 aromatic carbocycles. The number of hydrogen-bond acceptors (Lipinski definition) is 4. The zero-order valence-electron chi connectivity index (χ0n) is 12.3. The minimum Gasteiger partial charge on any atom is -0.336 e.